The minimum atomic E-state index is -0.493. The largest absolute Gasteiger partial charge is 0.491 e. The molecule has 1 fully saturated rings. The fraction of sp³-hybridized carbons (Fsp3) is 0.609. The summed E-state index contributed by atoms with van der Waals surface area (Å²) in [6.07, 6.45) is 10.4. The highest BCUT2D eigenvalue weighted by molar-refractivity contribution is 5.28. The van der Waals surface area contributed by atoms with Gasteiger partial charge in [-0.1, -0.05) is 37.8 Å². The number of nitrogens with zero attached hydrogens (tertiary/aromatic N) is 3. The minimum absolute atomic E-state index is 0.331. The Morgan fingerprint density at radius 3 is 3.00 bits per heavy atom. The lowest BCUT2D eigenvalue weighted by molar-refractivity contribution is 0.0630. The molecule has 4 rings (SSSR count). The van der Waals surface area contributed by atoms with E-state index in [4.69, 9.17) is 4.74 Å². The second-order valence-corrected chi connectivity index (χ2v) is 8.54. The van der Waals surface area contributed by atoms with E-state index >= 15 is 0 Å². The van der Waals surface area contributed by atoms with Gasteiger partial charge in [0.25, 0.3) is 0 Å². The molecule has 2 aromatic rings. The summed E-state index contributed by atoms with van der Waals surface area (Å²) in [5, 5.41) is 10.4. The van der Waals surface area contributed by atoms with Crippen molar-refractivity contribution in [3.63, 3.8) is 0 Å². The summed E-state index contributed by atoms with van der Waals surface area (Å²) in [5.41, 5.74) is 3.80. The van der Waals surface area contributed by atoms with Gasteiger partial charge in [-0.25, -0.2) is 4.98 Å². The van der Waals surface area contributed by atoms with Gasteiger partial charge in [-0.05, 0) is 36.5 Å². The van der Waals surface area contributed by atoms with Crippen molar-refractivity contribution in [2.24, 2.45) is 13.0 Å². The highest BCUT2D eigenvalue weighted by Crippen LogP contribution is 2.29. The first-order valence-electron chi connectivity index (χ1n) is 10.8. The highest BCUT2D eigenvalue weighted by Gasteiger charge is 2.22. The topological polar surface area (TPSA) is 50.5 Å². The first-order chi connectivity index (χ1) is 13.7. The Kier molecular flexibility index (Phi) is 6.33. The molecule has 2 aliphatic rings. The number of rotatable bonds is 8. The molecule has 1 N–H and O–H groups in total. The highest BCUT2D eigenvalue weighted by atomic mass is 16.5. The number of β-amino-alcohol motifs (C(OH)–C–C–N with tert-alkyl or cyclic N) is 1. The molecule has 1 aromatic carbocycles. The standard InChI is InChI=1S/C23H33N3O2/c1-25-17-24-22-15-26(12-11-23(22)25)14-20(27)16-28-21-8-4-7-19(13-21)10-9-18-5-2-3-6-18/h4,7-8,13,17-18,20,27H,2-3,5-6,9-12,14-16H2,1H3/t20-/m1/s1. The number of ether oxygens (including phenoxy) is 1. The maximum atomic E-state index is 10.4. The SMILES string of the molecule is Cn1cnc2c1CCN(C[C@@H](O)COc1cccc(CCC3CCCC3)c1)C2. The van der Waals surface area contributed by atoms with Crippen LogP contribution in [0.2, 0.25) is 0 Å². The smallest absolute Gasteiger partial charge is 0.119 e. The summed E-state index contributed by atoms with van der Waals surface area (Å²) >= 11 is 0. The molecule has 2 heterocycles. The van der Waals surface area contributed by atoms with Crippen LogP contribution >= 0.6 is 0 Å². The fourth-order valence-corrected chi connectivity index (χ4v) is 4.67. The zero-order valence-corrected chi connectivity index (χ0v) is 17.0. The van der Waals surface area contributed by atoms with Gasteiger partial charge in [0, 0.05) is 38.8 Å². The molecule has 152 valence electrons. The molecule has 0 radical (unpaired) electrons. The quantitative estimate of drug-likeness (QED) is 0.760. The number of aliphatic hydroxyl groups excluding tert-OH is 1. The molecular weight excluding hydrogens is 350 g/mol. The van der Waals surface area contributed by atoms with Crippen LogP contribution in [0, 0.1) is 5.92 Å². The number of aliphatic hydroxyl groups is 1. The van der Waals surface area contributed by atoms with Crippen molar-refractivity contribution in [2.75, 3.05) is 19.7 Å². The maximum absolute atomic E-state index is 10.4. The number of aromatic nitrogens is 2. The second-order valence-electron chi connectivity index (χ2n) is 8.54. The summed E-state index contributed by atoms with van der Waals surface area (Å²) in [6.45, 7) is 2.72. The molecule has 0 amide bonds. The van der Waals surface area contributed by atoms with Gasteiger partial charge in [0.15, 0.2) is 0 Å². The summed E-state index contributed by atoms with van der Waals surface area (Å²) in [6, 6.07) is 8.39. The molecule has 1 atom stereocenters. The Bertz CT molecular complexity index is 767. The Labute approximate surface area is 168 Å². The summed E-state index contributed by atoms with van der Waals surface area (Å²) < 4.78 is 8.00. The van der Waals surface area contributed by atoms with E-state index in [9.17, 15) is 5.11 Å². The first-order valence-corrected chi connectivity index (χ1v) is 10.8. The van der Waals surface area contributed by atoms with Crippen LogP contribution in [0.25, 0.3) is 0 Å². The second kappa shape index (κ2) is 9.10. The van der Waals surface area contributed by atoms with E-state index in [-0.39, 0.29) is 0 Å². The summed E-state index contributed by atoms with van der Waals surface area (Å²) in [4.78, 5) is 6.74. The van der Waals surface area contributed by atoms with E-state index in [1.807, 2.05) is 19.4 Å². The Morgan fingerprint density at radius 1 is 1.29 bits per heavy atom. The lowest BCUT2D eigenvalue weighted by Gasteiger charge is -2.28. The molecule has 0 spiro atoms. The average Bonchev–Trinajstić information content (AvgIpc) is 3.35. The van der Waals surface area contributed by atoms with Crippen molar-refractivity contribution in [2.45, 2.75) is 57.6 Å². The molecule has 1 aliphatic heterocycles. The van der Waals surface area contributed by atoms with Gasteiger partial charge in [0.1, 0.15) is 18.5 Å². The van der Waals surface area contributed by atoms with Crippen LogP contribution in [0.5, 0.6) is 5.75 Å². The molecule has 1 saturated carbocycles. The third-order valence-corrected chi connectivity index (χ3v) is 6.31. The van der Waals surface area contributed by atoms with Crippen molar-refractivity contribution in [1.29, 1.82) is 0 Å². The molecule has 1 aromatic heterocycles. The Balaban J connectivity index is 1.22. The lowest BCUT2D eigenvalue weighted by atomic mass is 9.98. The van der Waals surface area contributed by atoms with Gasteiger partial charge in [-0.2, -0.15) is 0 Å². The number of imidazole rings is 1. The predicted molar refractivity (Wildman–Crippen MR) is 110 cm³/mol. The number of hydrogen-bond donors (Lipinski definition) is 1. The molecule has 5 nitrogen and oxygen atoms in total. The van der Waals surface area contributed by atoms with Crippen LogP contribution < -0.4 is 4.74 Å². The van der Waals surface area contributed by atoms with Crippen molar-refractivity contribution >= 4 is 0 Å². The molecule has 0 saturated heterocycles. The Morgan fingerprint density at radius 2 is 2.14 bits per heavy atom. The third-order valence-electron chi connectivity index (χ3n) is 6.31. The predicted octanol–water partition coefficient (Wildman–Crippen LogP) is 3.34. The van der Waals surface area contributed by atoms with E-state index < -0.39 is 6.10 Å². The van der Waals surface area contributed by atoms with Crippen LogP contribution in [0.1, 0.15) is 49.1 Å². The van der Waals surface area contributed by atoms with Gasteiger partial charge in [0.2, 0.25) is 0 Å². The van der Waals surface area contributed by atoms with Gasteiger partial charge in [-0.15, -0.1) is 0 Å². The van der Waals surface area contributed by atoms with Gasteiger partial charge in [-0.3, -0.25) is 4.90 Å². The van der Waals surface area contributed by atoms with Crippen molar-refractivity contribution < 1.29 is 9.84 Å². The molecule has 28 heavy (non-hydrogen) atoms. The first kappa shape index (κ1) is 19.5. The van der Waals surface area contributed by atoms with Gasteiger partial charge >= 0.3 is 0 Å². The fourth-order valence-electron chi connectivity index (χ4n) is 4.67. The number of aryl methyl sites for hydroxylation is 2. The third kappa shape index (κ3) is 4.95. The van der Waals surface area contributed by atoms with E-state index in [1.54, 1.807) is 0 Å². The number of benzene rings is 1. The van der Waals surface area contributed by atoms with Crippen LogP contribution in [0.15, 0.2) is 30.6 Å². The number of fused-ring (bicyclic) bond motifs is 1. The molecule has 5 heteroatoms. The molecule has 0 unspecified atom stereocenters. The summed E-state index contributed by atoms with van der Waals surface area (Å²) in [5.74, 6) is 1.78. The monoisotopic (exact) mass is 383 g/mol. The average molecular weight is 384 g/mol. The zero-order chi connectivity index (χ0) is 19.3. The van der Waals surface area contributed by atoms with E-state index in [1.165, 1.54) is 43.4 Å². The molecule has 1 aliphatic carbocycles. The zero-order valence-electron chi connectivity index (χ0n) is 17.0. The summed E-state index contributed by atoms with van der Waals surface area (Å²) in [7, 11) is 2.05. The normalized spacial score (nSPS) is 18.9. The number of hydrogen-bond acceptors (Lipinski definition) is 4. The lowest BCUT2D eigenvalue weighted by Crippen LogP contribution is -2.39. The Hall–Kier alpha value is -1.85. The molecule has 0 bridgehead atoms. The van der Waals surface area contributed by atoms with Crippen LogP contribution in [0.3, 0.4) is 0 Å². The van der Waals surface area contributed by atoms with Gasteiger partial charge in [0.05, 0.1) is 12.0 Å². The molecular formula is C23H33N3O2. The van der Waals surface area contributed by atoms with Crippen molar-refractivity contribution in [3.8, 4) is 5.75 Å². The van der Waals surface area contributed by atoms with E-state index in [0.717, 1.165) is 43.3 Å². The van der Waals surface area contributed by atoms with Crippen molar-refractivity contribution in [3.05, 3.63) is 47.5 Å². The van der Waals surface area contributed by atoms with E-state index in [2.05, 4.69) is 32.7 Å². The van der Waals surface area contributed by atoms with E-state index in [0.29, 0.717) is 13.2 Å². The minimum Gasteiger partial charge on any atom is -0.491 e. The van der Waals surface area contributed by atoms with Crippen LogP contribution in [0.4, 0.5) is 0 Å². The van der Waals surface area contributed by atoms with Crippen LogP contribution in [-0.2, 0) is 26.4 Å². The van der Waals surface area contributed by atoms with Crippen molar-refractivity contribution in [1.82, 2.24) is 14.5 Å². The maximum Gasteiger partial charge on any atom is 0.119 e. The van der Waals surface area contributed by atoms with Gasteiger partial charge < -0.3 is 14.4 Å². The van der Waals surface area contributed by atoms with Crippen LogP contribution in [-0.4, -0.2) is 45.4 Å².